The fraction of sp³-hybridized carbons (Fsp3) is 0.208. The van der Waals surface area contributed by atoms with Crippen molar-refractivity contribution in [2.45, 2.75) is 19.4 Å². The zero-order valence-corrected chi connectivity index (χ0v) is 16.6. The van der Waals surface area contributed by atoms with Crippen LogP contribution in [0.5, 0.6) is 0 Å². The molecule has 1 aliphatic heterocycles. The third-order valence-electron chi connectivity index (χ3n) is 5.44. The molecule has 0 bridgehead atoms. The number of rotatable bonds is 6. The van der Waals surface area contributed by atoms with Crippen molar-refractivity contribution < 1.29 is 14.4 Å². The number of aryl methyl sites for hydroxylation is 1. The minimum Gasteiger partial charge on any atom is -0.327 e. The van der Waals surface area contributed by atoms with Crippen molar-refractivity contribution in [3.8, 4) is 0 Å². The average molecular weight is 399 g/mol. The summed E-state index contributed by atoms with van der Waals surface area (Å²) in [4.78, 5) is 48.7. The van der Waals surface area contributed by atoms with Crippen LogP contribution >= 0.6 is 0 Å². The van der Waals surface area contributed by atoms with Gasteiger partial charge in [0.25, 0.3) is 5.91 Å². The highest BCUT2D eigenvalue weighted by molar-refractivity contribution is 6.44. The van der Waals surface area contributed by atoms with Crippen molar-refractivity contribution in [2.24, 2.45) is 5.92 Å². The van der Waals surface area contributed by atoms with E-state index in [9.17, 15) is 14.4 Å². The second-order valence-electron chi connectivity index (χ2n) is 7.41. The van der Waals surface area contributed by atoms with Crippen molar-refractivity contribution in [3.05, 3.63) is 95.6 Å². The number of aromatic nitrogens is 2. The molecule has 6 nitrogen and oxygen atoms in total. The van der Waals surface area contributed by atoms with E-state index < -0.39 is 23.7 Å². The molecule has 0 N–H and O–H groups in total. The molecule has 0 saturated carbocycles. The van der Waals surface area contributed by atoms with E-state index in [4.69, 9.17) is 0 Å². The Hall–Kier alpha value is -3.67. The molecule has 0 radical (unpaired) electrons. The lowest BCUT2D eigenvalue weighted by Crippen LogP contribution is -2.32. The smallest absolute Gasteiger partial charge is 0.291 e. The SMILES string of the molecule is Cc1ccc(C2C(C(=O)c3ccncc3)C(=O)C(=O)N2CCc2cccnc2)cc1. The van der Waals surface area contributed by atoms with Crippen LogP contribution in [0.15, 0.2) is 73.3 Å². The van der Waals surface area contributed by atoms with Gasteiger partial charge >= 0.3 is 0 Å². The van der Waals surface area contributed by atoms with Crippen LogP contribution in [-0.2, 0) is 16.0 Å². The van der Waals surface area contributed by atoms with Gasteiger partial charge in [-0.15, -0.1) is 0 Å². The van der Waals surface area contributed by atoms with Crippen LogP contribution in [-0.4, -0.2) is 38.9 Å². The number of likely N-dealkylation sites (tertiary alicyclic amines) is 1. The number of hydrogen-bond acceptors (Lipinski definition) is 5. The van der Waals surface area contributed by atoms with Gasteiger partial charge in [-0.25, -0.2) is 0 Å². The molecule has 2 atom stereocenters. The van der Waals surface area contributed by atoms with E-state index in [0.717, 1.165) is 16.7 Å². The number of carbonyl (C=O) groups excluding carboxylic acids is 3. The molecule has 6 heteroatoms. The Morgan fingerprint density at radius 1 is 0.967 bits per heavy atom. The van der Waals surface area contributed by atoms with Gasteiger partial charge in [-0.2, -0.15) is 0 Å². The lowest BCUT2D eigenvalue weighted by Gasteiger charge is -2.27. The predicted molar refractivity (Wildman–Crippen MR) is 111 cm³/mol. The van der Waals surface area contributed by atoms with E-state index in [-0.39, 0.29) is 5.78 Å². The van der Waals surface area contributed by atoms with Crippen molar-refractivity contribution in [2.75, 3.05) is 6.54 Å². The molecule has 1 aromatic carbocycles. The topological polar surface area (TPSA) is 80.2 Å². The van der Waals surface area contributed by atoms with Crippen LogP contribution in [0, 0.1) is 12.8 Å². The predicted octanol–water partition coefficient (Wildman–Crippen LogP) is 2.98. The zero-order chi connectivity index (χ0) is 21.1. The highest BCUT2D eigenvalue weighted by Gasteiger charge is 2.51. The van der Waals surface area contributed by atoms with Gasteiger partial charge in [0.2, 0.25) is 5.78 Å². The van der Waals surface area contributed by atoms with E-state index in [0.29, 0.717) is 18.5 Å². The zero-order valence-electron chi connectivity index (χ0n) is 16.6. The van der Waals surface area contributed by atoms with Crippen molar-refractivity contribution in [1.29, 1.82) is 0 Å². The van der Waals surface area contributed by atoms with Gasteiger partial charge in [0.1, 0.15) is 5.92 Å². The maximum absolute atomic E-state index is 13.2. The highest BCUT2D eigenvalue weighted by Crippen LogP contribution is 2.38. The van der Waals surface area contributed by atoms with Gasteiger partial charge in [-0.3, -0.25) is 24.4 Å². The minimum absolute atomic E-state index is 0.328. The number of ketones is 2. The second kappa shape index (κ2) is 8.37. The van der Waals surface area contributed by atoms with E-state index in [1.807, 2.05) is 43.3 Å². The normalized spacial score (nSPS) is 18.6. The third-order valence-corrected chi connectivity index (χ3v) is 5.44. The van der Waals surface area contributed by atoms with Gasteiger partial charge < -0.3 is 4.90 Å². The first-order valence-corrected chi connectivity index (χ1v) is 9.81. The maximum atomic E-state index is 13.2. The first-order valence-electron chi connectivity index (χ1n) is 9.81. The van der Waals surface area contributed by atoms with Gasteiger partial charge in [-0.1, -0.05) is 35.9 Å². The first-order chi connectivity index (χ1) is 14.6. The number of Topliss-reactive ketones (excluding diaryl/α,β-unsaturated/α-hetero) is 2. The molecule has 1 saturated heterocycles. The molecule has 0 aliphatic carbocycles. The van der Waals surface area contributed by atoms with Crippen LogP contribution in [0.2, 0.25) is 0 Å². The van der Waals surface area contributed by atoms with Crippen LogP contribution in [0.25, 0.3) is 0 Å². The summed E-state index contributed by atoms with van der Waals surface area (Å²) in [5.41, 5.74) is 3.18. The Bertz CT molecular complexity index is 1070. The molecule has 2 aromatic heterocycles. The Kier molecular flexibility index (Phi) is 5.48. The van der Waals surface area contributed by atoms with Crippen molar-refractivity contribution >= 4 is 17.5 Å². The lowest BCUT2D eigenvalue weighted by atomic mass is 9.86. The number of amides is 1. The number of hydrogen-bond donors (Lipinski definition) is 0. The summed E-state index contributed by atoms with van der Waals surface area (Å²) < 4.78 is 0. The largest absolute Gasteiger partial charge is 0.327 e. The summed E-state index contributed by atoms with van der Waals surface area (Å²) in [6.07, 6.45) is 6.99. The lowest BCUT2D eigenvalue weighted by molar-refractivity contribution is -0.140. The molecule has 150 valence electrons. The molecule has 1 fully saturated rings. The monoisotopic (exact) mass is 399 g/mol. The molecule has 0 spiro atoms. The summed E-state index contributed by atoms with van der Waals surface area (Å²) >= 11 is 0. The van der Waals surface area contributed by atoms with Crippen LogP contribution in [0.3, 0.4) is 0 Å². The van der Waals surface area contributed by atoms with E-state index in [2.05, 4.69) is 9.97 Å². The van der Waals surface area contributed by atoms with Gasteiger partial charge in [0, 0.05) is 36.9 Å². The van der Waals surface area contributed by atoms with Crippen molar-refractivity contribution in [3.63, 3.8) is 0 Å². The molecule has 1 amide bonds. The van der Waals surface area contributed by atoms with E-state index >= 15 is 0 Å². The van der Waals surface area contributed by atoms with Gasteiger partial charge in [-0.05, 0) is 42.7 Å². The average Bonchev–Trinajstić information content (AvgIpc) is 3.04. The number of pyridine rings is 2. The van der Waals surface area contributed by atoms with Gasteiger partial charge in [0.15, 0.2) is 5.78 Å². The third kappa shape index (κ3) is 3.76. The maximum Gasteiger partial charge on any atom is 0.291 e. The van der Waals surface area contributed by atoms with Crippen LogP contribution in [0.4, 0.5) is 0 Å². The Morgan fingerprint density at radius 3 is 2.37 bits per heavy atom. The number of carbonyl (C=O) groups is 3. The van der Waals surface area contributed by atoms with Gasteiger partial charge in [0.05, 0.1) is 6.04 Å². The van der Waals surface area contributed by atoms with Crippen molar-refractivity contribution in [1.82, 2.24) is 14.9 Å². The molecule has 4 rings (SSSR count). The van der Waals surface area contributed by atoms with E-state index in [1.54, 1.807) is 24.5 Å². The van der Waals surface area contributed by atoms with Crippen LogP contribution < -0.4 is 0 Å². The fourth-order valence-electron chi connectivity index (χ4n) is 3.85. The summed E-state index contributed by atoms with van der Waals surface area (Å²) in [7, 11) is 0. The minimum atomic E-state index is -1.07. The molecule has 2 unspecified atom stereocenters. The summed E-state index contributed by atoms with van der Waals surface area (Å²) in [6.45, 7) is 2.30. The number of benzene rings is 1. The van der Waals surface area contributed by atoms with Crippen LogP contribution in [0.1, 0.15) is 33.1 Å². The number of nitrogens with zero attached hydrogens (tertiary/aromatic N) is 3. The first kappa shape index (κ1) is 19.6. The fourth-order valence-corrected chi connectivity index (χ4v) is 3.85. The Labute approximate surface area is 174 Å². The van der Waals surface area contributed by atoms with E-state index in [1.165, 1.54) is 17.3 Å². The molecule has 3 heterocycles. The Balaban J connectivity index is 1.71. The summed E-state index contributed by atoms with van der Waals surface area (Å²) in [5, 5.41) is 0. The standard InChI is InChI=1S/C24H21N3O3/c1-16-4-6-18(7-5-16)21-20(22(28)19-8-12-25-13-9-19)23(29)24(30)27(21)14-10-17-3-2-11-26-15-17/h2-9,11-13,15,20-21H,10,14H2,1H3. The molecular weight excluding hydrogens is 378 g/mol. The molecular formula is C24H21N3O3. The molecule has 3 aromatic rings. The second-order valence-corrected chi connectivity index (χ2v) is 7.41. The highest BCUT2D eigenvalue weighted by atomic mass is 16.2. The quantitative estimate of drug-likeness (QED) is 0.362. The molecule has 30 heavy (non-hydrogen) atoms. The molecule has 1 aliphatic rings. The summed E-state index contributed by atoms with van der Waals surface area (Å²) in [5.74, 6) is -2.70. The summed E-state index contributed by atoms with van der Waals surface area (Å²) in [6, 6.07) is 13.9. The Morgan fingerprint density at radius 2 is 1.70 bits per heavy atom.